The second kappa shape index (κ2) is 65.4. The summed E-state index contributed by atoms with van der Waals surface area (Å²) in [6.45, 7) is 14.2. The highest BCUT2D eigenvalue weighted by atomic mass is 31.2. The summed E-state index contributed by atoms with van der Waals surface area (Å²) in [5, 5.41) is 10.6. The molecule has 0 rings (SSSR count). The van der Waals surface area contributed by atoms with Gasteiger partial charge in [0, 0.05) is 25.7 Å². The molecule has 95 heavy (non-hydrogen) atoms. The van der Waals surface area contributed by atoms with Gasteiger partial charge in [-0.25, -0.2) is 9.13 Å². The Kier molecular flexibility index (Phi) is 64.0. The van der Waals surface area contributed by atoms with E-state index < -0.39 is 97.5 Å². The van der Waals surface area contributed by atoms with Crippen LogP contribution in [0.15, 0.2) is 0 Å². The number of hydrogen-bond donors (Lipinski definition) is 3. The van der Waals surface area contributed by atoms with Gasteiger partial charge in [-0.05, 0) is 49.4 Å². The molecule has 3 N–H and O–H groups in total. The Morgan fingerprint density at radius 1 is 0.295 bits per heavy atom. The van der Waals surface area contributed by atoms with E-state index in [1.165, 1.54) is 180 Å². The predicted octanol–water partition coefficient (Wildman–Crippen LogP) is 22.0. The average molecular weight is 1400 g/mol. The Bertz CT molecular complexity index is 1870. The normalized spacial score (nSPS) is 14.4. The molecule has 0 saturated heterocycles. The van der Waals surface area contributed by atoms with Crippen LogP contribution in [-0.2, 0) is 65.4 Å². The van der Waals surface area contributed by atoms with Crippen molar-refractivity contribution in [1.29, 1.82) is 0 Å². The fourth-order valence-corrected chi connectivity index (χ4v) is 13.1. The topological polar surface area (TPSA) is 237 Å². The Balaban J connectivity index is 5.23. The molecule has 0 aliphatic carbocycles. The summed E-state index contributed by atoms with van der Waals surface area (Å²) in [6, 6.07) is 0. The highest BCUT2D eigenvalue weighted by Gasteiger charge is 2.30. The van der Waals surface area contributed by atoms with E-state index in [2.05, 4.69) is 55.4 Å². The molecule has 0 spiro atoms. The highest BCUT2D eigenvalue weighted by Crippen LogP contribution is 2.45. The van der Waals surface area contributed by atoms with Crippen LogP contribution in [0.3, 0.4) is 0 Å². The SMILES string of the molecule is CCC(C)CCCCCCCCCCCCC(=O)O[C@H](COC(=O)CCCCCCCCC(C)C)COP(=O)(O)OC[C@H](O)COP(=O)(O)OC[C@@H](COC(=O)CCCCCCCCCCCCCCCCCC(C)C)OC(=O)CCCCCCCCCCCCCC(C)C. The first-order valence-corrected chi connectivity index (χ1v) is 42.2. The summed E-state index contributed by atoms with van der Waals surface area (Å²) >= 11 is 0. The number of phosphoric ester groups is 2. The summed E-state index contributed by atoms with van der Waals surface area (Å²) in [4.78, 5) is 72.8. The third kappa shape index (κ3) is 69.0. The second-order valence-corrected chi connectivity index (χ2v) is 32.0. The summed E-state index contributed by atoms with van der Waals surface area (Å²) in [5.41, 5.74) is 0. The lowest BCUT2D eigenvalue weighted by Gasteiger charge is -2.21. The summed E-state index contributed by atoms with van der Waals surface area (Å²) < 4.78 is 68.5. The number of esters is 4. The van der Waals surface area contributed by atoms with Crippen molar-refractivity contribution in [3.63, 3.8) is 0 Å². The monoisotopic (exact) mass is 1400 g/mol. The van der Waals surface area contributed by atoms with Crippen LogP contribution in [0.2, 0.25) is 0 Å². The highest BCUT2D eigenvalue weighted by molar-refractivity contribution is 7.47. The van der Waals surface area contributed by atoms with E-state index in [0.717, 1.165) is 114 Å². The van der Waals surface area contributed by atoms with E-state index in [1.807, 2.05) is 0 Å². The van der Waals surface area contributed by atoms with E-state index in [9.17, 15) is 43.2 Å². The number of hydrogen-bond acceptors (Lipinski definition) is 15. The Hall–Kier alpha value is -1.94. The molecule has 19 heteroatoms. The molecule has 0 bridgehead atoms. The number of rotatable bonds is 73. The van der Waals surface area contributed by atoms with Gasteiger partial charge in [0.2, 0.25) is 0 Å². The van der Waals surface area contributed by atoms with E-state index in [4.69, 9.17) is 37.0 Å². The van der Waals surface area contributed by atoms with Crippen LogP contribution in [0, 0.1) is 23.7 Å². The van der Waals surface area contributed by atoms with Gasteiger partial charge >= 0.3 is 39.5 Å². The van der Waals surface area contributed by atoms with Crippen molar-refractivity contribution in [2.75, 3.05) is 39.6 Å². The maximum Gasteiger partial charge on any atom is 0.472 e. The average Bonchev–Trinajstić information content (AvgIpc) is 1.23. The van der Waals surface area contributed by atoms with Gasteiger partial charge in [-0.15, -0.1) is 0 Å². The van der Waals surface area contributed by atoms with Gasteiger partial charge in [0.25, 0.3) is 0 Å². The molecular weight excluding hydrogens is 1250 g/mol. The number of phosphoric acid groups is 2. The van der Waals surface area contributed by atoms with Crippen molar-refractivity contribution >= 4 is 39.5 Å². The fourth-order valence-electron chi connectivity index (χ4n) is 11.5. The molecule has 564 valence electrons. The maximum atomic E-state index is 13.1. The second-order valence-electron chi connectivity index (χ2n) is 29.1. The van der Waals surface area contributed by atoms with E-state index in [-0.39, 0.29) is 25.7 Å². The Labute approximate surface area is 581 Å². The first-order chi connectivity index (χ1) is 45.6. The van der Waals surface area contributed by atoms with Crippen LogP contribution in [-0.4, -0.2) is 96.7 Å². The molecule has 0 amide bonds. The van der Waals surface area contributed by atoms with Crippen molar-refractivity contribution < 1.29 is 80.2 Å². The zero-order valence-electron chi connectivity index (χ0n) is 62.3. The van der Waals surface area contributed by atoms with Crippen molar-refractivity contribution in [3.8, 4) is 0 Å². The number of carbonyl (C=O) groups excluding carboxylic acids is 4. The van der Waals surface area contributed by atoms with Crippen molar-refractivity contribution in [3.05, 3.63) is 0 Å². The van der Waals surface area contributed by atoms with Crippen molar-refractivity contribution in [1.82, 2.24) is 0 Å². The summed E-state index contributed by atoms with van der Waals surface area (Å²) in [5.74, 6) is 0.931. The van der Waals surface area contributed by atoms with Crippen LogP contribution in [0.5, 0.6) is 0 Å². The van der Waals surface area contributed by atoms with E-state index in [0.29, 0.717) is 31.6 Å². The zero-order valence-corrected chi connectivity index (χ0v) is 64.1. The molecule has 0 saturated carbocycles. The molecule has 0 aromatic rings. The van der Waals surface area contributed by atoms with Crippen LogP contribution in [0.25, 0.3) is 0 Å². The van der Waals surface area contributed by atoms with Crippen LogP contribution < -0.4 is 0 Å². The van der Waals surface area contributed by atoms with Gasteiger partial charge in [-0.3, -0.25) is 37.3 Å². The third-order valence-electron chi connectivity index (χ3n) is 17.9. The Morgan fingerprint density at radius 2 is 0.505 bits per heavy atom. The van der Waals surface area contributed by atoms with Crippen molar-refractivity contribution in [2.24, 2.45) is 23.7 Å². The minimum Gasteiger partial charge on any atom is -0.462 e. The van der Waals surface area contributed by atoms with Gasteiger partial charge in [0.1, 0.15) is 19.3 Å². The minimum atomic E-state index is -4.96. The van der Waals surface area contributed by atoms with Crippen LogP contribution >= 0.6 is 15.6 Å². The molecule has 0 aliphatic heterocycles. The Morgan fingerprint density at radius 3 is 0.747 bits per heavy atom. The number of unbranched alkanes of at least 4 members (excludes halogenated alkanes) is 38. The smallest absolute Gasteiger partial charge is 0.462 e. The van der Waals surface area contributed by atoms with Gasteiger partial charge in [-0.2, -0.15) is 0 Å². The molecule has 0 aromatic carbocycles. The molecule has 3 unspecified atom stereocenters. The van der Waals surface area contributed by atoms with Gasteiger partial charge in [-0.1, -0.05) is 331 Å². The first-order valence-electron chi connectivity index (χ1n) is 39.2. The van der Waals surface area contributed by atoms with Crippen LogP contribution in [0.4, 0.5) is 0 Å². The number of ether oxygens (including phenoxy) is 4. The van der Waals surface area contributed by atoms with E-state index >= 15 is 0 Å². The molecule has 6 atom stereocenters. The molecular formula is C76H148O17P2. The number of aliphatic hydroxyl groups excluding tert-OH is 1. The largest absolute Gasteiger partial charge is 0.472 e. The standard InChI is InChI=1S/C76H148O17P2/c1-9-69(8)55-47-39-30-24-20-21-27-33-43-51-59-76(81)93-72(63-87-74(79)57-49-41-35-34-38-46-54-68(6)7)65-91-95(84,85)89-61-70(77)60-88-94(82,83)90-64-71(92-75(80)58-50-42-32-26-19-15-17-23-29-37-45-53-67(4)5)62-86-73(78)56-48-40-31-25-18-14-12-10-11-13-16-22-28-36-44-52-66(2)3/h66-72,77H,9-65H2,1-8H3,(H,82,83)(H,84,85)/t69?,70-,71-,72-/m1/s1. The molecule has 0 radical (unpaired) electrons. The third-order valence-corrected chi connectivity index (χ3v) is 19.8. The maximum absolute atomic E-state index is 13.1. The molecule has 0 fully saturated rings. The van der Waals surface area contributed by atoms with Gasteiger partial charge in [0.15, 0.2) is 12.2 Å². The minimum absolute atomic E-state index is 0.105. The molecule has 0 aromatic heterocycles. The zero-order chi connectivity index (χ0) is 70.3. The summed E-state index contributed by atoms with van der Waals surface area (Å²) in [7, 11) is -9.91. The molecule has 0 heterocycles. The fraction of sp³-hybridized carbons (Fsp3) is 0.947. The predicted molar refractivity (Wildman–Crippen MR) is 386 cm³/mol. The van der Waals surface area contributed by atoms with E-state index in [1.54, 1.807) is 0 Å². The lowest BCUT2D eigenvalue weighted by atomic mass is 9.99. The van der Waals surface area contributed by atoms with Crippen molar-refractivity contribution in [2.45, 2.75) is 401 Å². The lowest BCUT2D eigenvalue weighted by Crippen LogP contribution is -2.30. The quantitative estimate of drug-likeness (QED) is 0.0222. The number of carbonyl (C=O) groups is 4. The van der Waals surface area contributed by atoms with Gasteiger partial charge in [0.05, 0.1) is 26.4 Å². The molecule has 0 aliphatic rings. The van der Waals surface area contributed by atoms with Crippen LogP contribution in [0.1, 0.15) is 383 Å². The molecule has 17 nitrogen and oxygen atoms in total. The first kappa shape index (κ1) is 93.1. The summed E-state index contributed by atoms with van der Waals surface area (Å²) in [6.07, 6.45) is 50.0. The number of aliphatic hydroxyl groups is 1. The van der Waals surface area contributed by atoms with Gasteiger partial charge < -0.3 is 33.8 Å². The lowest BCUT2D eigenvalue weighted by molar-refractivity contribution is -0.161.